The molecule has 0 spiro atoms. The SMILES string of the molecule is CC/C=C\C/C=C\C/C=C\C/C=C\CCCCCCCCC(=O)OC(COC(=O)CCCCCCCCC/C=C\C/C=C\CCCCCC)COC(=O)CCCCCCCCCCCCCCCCC/C=C\C/C=C\CCCCCCC. The van der Waals surface area contributed by atoms with Crippen LogP contribution in [0.25, 0.3) is 0 Å². The van der Waals surface area contributed by atoms with E-state index in [1.54, 1.807) is 0 Å². The molecule has 0 heterocycles. The number of carbonyl (C=O) groups excluding carboxylic acids is 3. The Morgan fingerprint density at radius 3 is 0.756 bits per heavy atom. The van der Waals surface area contributed by atoms with Gasteiger partial charge < -0.3 is 14.2 Å². The summed E-state index contributed by atoms with van der Waals surface area (Å²) >= 11 is 0. The third kappa shape index (κ3) is 67.1. The van der Waals surface area contributed by atoms with E-state index in [9.17, 15) is 14.4 Å². The molecule has 0 aliphatic rings. The summed E-state index contributed by atoms with van der Waals surface area (Å²) in [6.45, 7) is 6.52. The molecule has 472 valence electrons. The lowest BCUT2D eigenvalue weighted by molar-refractivity contribution is -0.167. The van der Waals surface area contributed by atoms with Gasteiger partial charge in [0.05, 0.1) is 0 Å². The molecule has 0 bridgehead atoms. The van der Waals surface area contributed by atoms with Crippen LogP contribution in [0.2, 0.25) is 0 Å². The molecule has 0 aromatic carbocycles. The van der Waals surface area contributed by atoms with Gasteiger partial charge in [0.2, 0.25) is 0 Å². The third-order valence-electron chi connectivity index (χ3n) is 15.3. The van der Waals surface area contributed by atoms with Gasteiger partial charge in [-0.25, -0.2) is 0 Å². The fourth-order valence-corrected chi connectivity index (χ4v) is 10.0. The van der Waals surface area contributed by atoms with Gasteiger partial charge in [0.1, 0.15) is 13.2 Å². The predicted molar refractivity (Wildman–Crippen MR) is 357 cm³/mol. The summed E-state index contributed by atoms with van der Waals surface area (Å²) < 4.78 is 17.0. The molecule has 0 N–H and O–H groups in total. The Morgan fingerprint density at radius 1 is 0.256 bits per heavy atom. The molecule has 0 aliphatic heterocycles. The maximum Gasteiger partial charge on any atom is 0.306 e. The van der Waals surface area contributed by atoms with Crippen LogP contribution < -0.4 is 0 Å². The first-order chi connectivity index (χ1) is 40.5. The van der Waals surface area contributed by atoms with Crippen molar-refractivity contribution < 1.29 is 28.6 Å². The monoisotopic (exact) mass is 1140 g/mol. The lowest BCUT2D eigenvalue weighted by Gasteiger charge is -2.18. The van der Waals surface area contributed by atoms with E-state index in [0.29, 0.717) is 19.3 Å². The normalized spacial score (nSPS) is 12.7. The molecule has 0 rings (SSSR count). The van der Waals surface area contributed by atoms with Crippen molar-refractivity contribution in [2.75, 3.05) is 13.2 Å². The molecule has 1 unspecified atom stereocenters. The summed E-state index contributed by atoms with van der Waals surface area (Å²) in [6, 6.07) is 0. The lowest BCUT2D eigenvalue weighted by atomic mass is 10.0. The number of unbranched alkanes of at least 4 members (excludes halogenated alkanes) is 37. The van der Waals surface area contributed by atoms with Crippen molar-refractivity contribution in [1.82, 2.24) is 0 Å². The second kappa shape index (κ2) is 69.8. The fraction of sp³-hybridized carbons (Fsp3) is 0.750. The standard InChI is InChI=1S/C76H132O6/c1-4-7-10-13-16-19-22-25-28-31-34-35-36-37-38-39-40-41-43-45-48-51-54-57-60-63-66-69-75(78)81-72-73(71-80-74(77)68-65-62-59-56-53-50-47-44-33-30-27-24-21-18-15-12-9-6-3)82-76(79)70-67-64-61-58-55-52-49-46-42-32-29-26-23-20-17-14-11-8-5-2/h8,11,17,20-22,24-26,29-31,33-34,42,46,73H,4-7,9-10,12-16,18-19,23,27-28,32,35-41,43-45,47-72H2,1-3H3/b11-8-,20-17-,24-21-,25-22-,29-26-,33-30-,34-31-,46-42-. The van der Waals surface area contributed by atoms with Gasteiger partial charge in [-0.05, 0) is 122 Å². The molecule has 6 heteroatoms. The Labute approximate surface area is 508 Å². The minimum Gasteiger partial charge on any atom is -0.462 e. The van der Waals surface area contributed by atoms with Gasteiger partial charge >= 0.3 is 17.9 Å². The van der Waals surface area contributed by atoms with Gasteiger partial charge in [0.25, 0.3) is 0 Å². The smallest absolute Gasteiger partial charge is 0.306 e. The molecule has 0 amide bonds. The van der Waals surface area contributed by atoms with Crippen LogP contribution in [0.1, 0.15) is 348 Å². The van der Waals surface area contributed by atoms with Crippen LogP contribution in [0, 0.1) is 0 Å². The molecule has 0 aromatic heterocycles. The summed E-state index contributed by atoms with van der Waals surface area (Å²) in [5, 5.41) is 0. The van der Waals surface area contributed by atoms with Crippen LogP contribution in [0.4, 0.5) is 0 Å². The minimum atomic E-state index is -0.791. The number of carbonyl (C=O) groups is 3. The molecule has 6 nitrogen and oxygen atoms in total. The van der Waals surface area contributed by atoms with Crippen LogP contribution in [-0.4, -0.2) is 37.2 Å². The summed E-state index contributed by atoms with van der Waals surface area (Å²) in [7, 11) is 0. The first-order valence-corrected chi connectivity index (χ1v) is 35.2. The fourth-order valence-electron chi connectivity index (χ4n) is 10.0. The largest absolute Gasteiger partial charge is 0.462 e. The summed E-state index contributed by atoms with van der Waals surface area (Å²) in [4.78, 5) is 38.5. The number of hydrogen-bond acceptors (Lipinski definition) is 6. The zero-order chi connectivity index (χ0) is 59.2. The van der Waals surface area contributed by atoms with Crippen molar-refractivity contribution in [1.29, 1.82) is 0 Å². The van der Waals surface area contributed by atoms with Gasteiger partial charge in [-0.1, -0.05) is 304 Å². The quantitative estimate of drug-likeness (QED) is 0.0261. The highest BCUT2D eigenvalue weighted by molar-refractivity contribution is 5.71. The van der Waals surface area contributed by atoms with E-state index in [4.69, 9.17) is 14.2 Å². The highest BCUT2D eigenvalue weighted by Crippen LogP contribution is 2.17. The van der Waals surface area contributed by atoms with Crippen molar-refractivity contribution in [3.05, 3.63) is 97.2 Å². The first-order valence-electron chi connectivity index (χ1n) is 35.2. The number of ether oxygens (including phenoxy) is 3. The Morgan fingerprint density at radius 2 is 0.476 bits per heavy atom. The Balaban J connectivity index is 4.34. The van der Waals surface area contributed by atoms with Crippen molar-refractivity contribution in [2.45, 2.75) is 354 Å². The van der Waals surface area contributed by atoms with Crippen molar-refractivity contribution in [3.63, 3.8) is 0 Å². The van der Waals surface area contributed by atoms with Crippen molar-refractivity contribution in [2.24, 2.45) is 0 Å². The lowest BCUT2D eigenvalue weighted by Crippen LogP contribution is -2.30. The second-order valence-corrected chi connectivity index (χ2v) is 23.4. The highest BCUT2D eigenvalue weighted by Gasteiger charge is 2.19. The summed E-state index contributed by atoms with van der Waals surface area (Å²) in [6.07, 6.45) is 94.2. The Hall–Kier alpha value is -3.67. The zero-order valence-corrected chi connectivity index (χ0v) is 54.2. The Kier molecular flexibility index (Phi) is 66.7. The van der Waals surface area contributed by atoms with Crippen LogP contribution in [0.15, 0.2) is 97.2 Å². The van der Waals surface area contributed by atoms with Gasteiger partial charge in [-0.3, -0.25) is 14.4 Å². The van der Waals surface area contributed by atoms with E-state index in [2.05, 4.69) is 118 Å². The molecule has 0 aromatic rings. The van der Waals surface area contributed by atoms with E-state index in [-0.39, 0.29) is 31.1 Å². The van der Waals surface area contributed by atoms with Crippen molar-refractivity contribution >= 4 is 17.9 Å². The maximum absolute atomic E-state index is 13.0. The first kappa shape index (κ1) is 78.3. The van der Waals surface area contributed by atoms with E-state index in [1.807, 2.05) is 0 Å². The van der Waals surface area contributed by atoms with E-state index in [1.165, 1.54) is 193 Å². The number of allylic oxidation sites excluding steroid dienone is 16. The van der Waals surface area contributed by atoms with Crippen LogP contribution in [-0.2, 0) is 28.6 Å². The molecule has 0 aliphatic carbocycles. The van der Waals surface area contributed by atoms with E-state index >= 15 is 0 Å². The molecule has 0 fully saturated rings. The highest BCUT2D eigenvalue weighted by atomic mass is 16.6. The summed E-state index contributed by atoms with van der Waals surface area (Å²) in [5.41, 5.74) is 0. The third-order valence-corrected chi connectivity index (χ3v) is 15.3. The van der Waals surface area contributed by atoms with Crippen LogP contribution >= 0.6 is 0 Å². The van der Waals surface area contributed by atoms with Gasteiger partial charge in [-0.15, -0.1) is 0 Å². The number of hydrogen-bond donors (Lipinski definition) is 0. The van der Waals surface area contributed by atoms with E-state index in [0.717, 1.165) is 116 Å². The number of rotatable bonds is 64. The predicted octanol–water partition coefficient (Wildman–Crippen LogP) is 24.4. The van der Waals surface area contributed by atoms with Gasteiger partial charge in [0.15, 0.2) is 6.10 Å². The second-order valence-electron chi connectivity index (χ2n) is 23.4. The Bertz CT molecular complexity index is 1590. The molecule has 0 radical (unpaired) electrons. The molecular formula is C76H132O6. The summed E-state index contributed by atoms with van der Waals surface area (Å²) in [5.74, 6) is -0.891. The average Bonchev–Trinajstić information content (AvgIpc) is 3.47. The molecular weight excluding hydrogens is 1010 g/mol. The topological polar surface area (TPSA) is 78.9 Å². The average molecular weight is 1140 g/mol. The molecule has 82 heavy (non-hydrogen) atoms. The van der Waals surface area contributed by atoms with E-state index < -0.39 is 6.10 Å². The van der Waals surface area contributed by atoms with Crippen molar-refractivity contribution in [3.8, 4) is 0 Å². The maximum atomic E-state index is 13.0. The van der Waals surface area contributed by atoms with Crippen LogP contribution in [0.5, 0.6) is 0 Å². The molecule has 0 saturated carbocycles. The van der Waals surface area contributed by atoms with Gasteiger partial charge in [-0.2, -0.15) is 0 Å². The molecule has 0 saturated heterocycles. The zero-order valence-electron chi connectivity index (χ0n) is 54.2. The van der Waals surface area contributed by atoms with Crippen LogP contribution in [0.3, 0.4) is 0 Å². The van der Waals surface area contributed by atoms with Gasteiger partial charge in [0, 0.05) is 19.3 Å². The number of esters is 3. The molecule has 1 atom stereocenters. The minimum absolute atomic E-state index is 0.0845.